The van der Waals surface area contributed by atoms with Gasteiger partial charge in [-0.05, 0) is 24.1 Å². The molecule has 0 unspecified atom stereocenters. The zero-order valence-corrected chi connectivity index (χ0v) is 14.1. The summed E-state index contributed by atoms with van der Waals surface area (Å²) in [5.41, 5.74) is 1.58. The molecule has 23 heavy (non-hydrogen) atoms. The van der Waals surface area contributed by atoms with Crippen LogP contribution in [0.3, 0.4) is 0 Å². The quantitative estimate of drug-likeness (QED) is 0.694. The Bertz CT molecular complexity index is 656. The van der Waals surface area contributed by atoms with Gasteiger partial charge in [-0.3, -0.25) is 9.59 Å². The molecule has 0 aromatic heterocycles. The molecule has 0 amide bonds. The van der Waals surface area contributed by atoms with Crippen LogP contribution in [0.15, 0.2) is 59.1 Å². The van der Waals surface area contributed by atoms with Crippen LogP contribution in [0.4, 0.5) is 0 Å². The van der Waals surface area contributed by atoms with Crippen molar-refractivity contribution in [2.45, 2.75) is 18.9 Å². The van der Waals surface area contributed by atoms with E-state index in [0.29, 0.717) is 18.5 Å². The Morgan fingerprint density at radius 2 is 1.70 bits per heavy atom. The summed E-state index contributed by atoms with van der Waals surface area (Å²) in [6.45, 7) is 0.332. The second-order valence-corrected chi connectivity index (χ2v) is 6.13. The van der Waals surface area contributed by atoms with Crippen molar-refractivity contribution in [1.29, 1.82) is 0 Å². The predicted molar refractivity (Wildman–Crippen MR) is 92.7 cm³/mol. The van der Waals surface area contributed by atoms with Crippen LogP contribution < -0.4 is 5.32 Å². The van der Waals surface area contributed by atoms with E-state index in [2.05, 4.69) is 21.2 Å². The fraction of sp³-hybridized carbons (Fsp3) is 0.222. The molecule has 0 spiro atoms. The largest absolute Gasteiger partial charge is 0.480 e. The van der Waals surface area contributed by atoms with Gasteiger partial charge in [0.05, 0.1) is 0 Å². The molecule has 0 aliphatic rings. The fourth-order valence-electron chi connectivity index (χ4n) is 2.24. The molecule has 2 N–H and O–H groups in total. The lowest BCUT2D eigenvalue weighted by Crippen LogP contribution is -2.39. The average molecular weight is 376 g/mol. The Balaban J connectivity index is 1.85. The molecule has 0 aliphatic heterocycles. The van der Waals surface area contributed by atoms with Crippen LogP contribution in [0, 0.1) is 0 Å². The Labute approximate surface area is 143 Å². The van der Waals surface area contributed by atoms with Crippen LogP contribution in [0.2, 0.25) is 0 Å². The highest BCUT2D eigenvalue weighted by Gasteiger charge is 2.17. The minimum Gasteiger partial charge on any atom is -0.480 e. The van der Waals surface area contributed by atoms with E-state index in [0.717, 1.165) is 10.0 Å². The van der Waals surface area contributed by atoms with Gasteiger partial charge in [-0.1, -0.05) is 58.4 Å². The molecule has 0 saturated carbocycles. The van der Waals surface area contributed by atoms with Crippen molar-refractivity contribution in [2.75, 3.05) is 6.54 Å². The maximum atomic E-state index is 12.1. The van der Waals surface area contributed by atoms with Gasteiger partial charge in [0.2, 0.25) is 0 Å². The molecule has 120 valence electrons. The van der Waals surface area contributed by atoms with Gasteiger partial charge in [0, 0.05) is 23.0 Å². The number of halogens is 1. The molecule has 2 aromatic rings. The maximum absolute atomic E-state index is 12.1. The van der Waals surface area contributed by atoms with Crippen LogP contribution in [0.1, 0.15) is 22.3 Å². The summed E-state index contributed by atoms with van der Waals surface area (Å²) >= 11 is 3.32. The summed E-state index contributed by atoms with van der Waals surface area (Å²) < 4.78 is 0.918. The lowest BCUT2D eigenvalue weighted by Gasteiger charge is -2.14. The van der Waals surface area contributed by atoms with Gasteiger partial charge < -0.3 is 10.4 Å². The SMILES string of the molecule is O=C(CCN[C@@H](Cc1ccccc1)C(=O)O)c1ccc(Br)cc1. The zero-order valence-electron chi connectivity index (χ0n) is 12.5. The second-order valence-electron chi connectivity index (χ2n) is 5.21. The predicted octanol–water partition coefficient (Wildman–Crippen LogP) is 3.31. The van der Waals surface area contributed by atoms with Crippen molar-refractivity contribution in [1.82, 2.24) is 5.32 Å². The topological polar surface area (TPSA) is 66.4 Å². The van der Waals surface area contributed by atoms with E-state index >= 15 is 0 Å². The third-order valence-corrected chi connectivity index (χ3v) is 4.02. The third-order valence-electron chi connectivity index (χ3n) is 3.49. The van der Waals surface area contributed by atoms with Crippen LogP contribution in [0.5, 0.6) is 0 Å². The van der Waals surface area contributed by atoms with Gasteiger partial charge in [0.25, 0.3) is 0 Å². The highest BCUT2D eigenvalue weighted by atomic mass is 79.9. The number of ketones is 1. The minimum absolute atomic E-state index is 0.00569. The molecule has 5 heteroatoms. The molecule has 0 heterocycles. The van der Waals surface area contributed by atoms with Gasteiger partial charge in [-0.25, -0.2) is 0 Å². The van der Waals surface area contributed by atoms with E-state index in [1.807, 2.05) is 42.5 Å². The molecule has 1 atom stereocenters. The molecule has 0 fully saturated rings. The number of benzene rings is 2. The number of carboxylic acids is 1. The van der Waals surface area contributed by atoms with E-state index in [9.17, 15) is 14.7 Å². The molecule has 0 radical (unpaired) electrons. The number of nitrogens with one attached hydrogen (secondary N) is 1. The smallest absolute Gasteiger partial charge is 0.321 e. The van der Waals surface area contributed by atoms with Gasteiger partial charge in [-0.15, -0.1) is 0 Å². The van der Waals surface area contributed by atoms with E-state index in [1.54, 1.807) is 12.1 Å². The summed E-state index contributed by atoms with van der Waals surface area (Å²) in [6, 6.07) is 15.9. The van der Waals surface area contributed by atoms with Crippen molar-refractivity contribution < 1.29 is 14.7 Å². The van der Waals surface area contributed by atoms with Gasteiger partial charge >= 0.3 is 5.97 Å². The Morgan fingerprint density at radius 3 is 2.30 bits per heavy atom. The van der Waals surface area contributed by atoms with Gasteiger partial charge in [-0.2, -0.15) is 0 Å². The fourth-order valence-corrected chi connectivity index (χ4v) is 2.50. The monoisotopic (exact) mass is 375 g/mol. The van der Waals surface area contributed by atoms with Crippen LogP contribution >= 0.6 is 15.9 Å². The molecule has 0 bridgehead atoms. The Hall–Kier alpha value is -1.98. The minimum atomic E-state index is -0.912. The van der Waals surface area contributed by atoms with Crippen molar-refractivity contribution in [3.8, 4) is 0 Å². The highest BCUT2D eigenvalue weighted by molar-refractivity contribution is 9.10. The summed E-state index contributed by atoms with van der Waals surface area (Å²) in [7, 11) is 0. The van der Waals surface area contributed by atoms with Crippen molar-refractivity contribution >= 4 is 27.7 Å². The normalized spacial score (nSPS) is 11.9. The second kappa shape index (κ2) is 8.60. The average Bonchev–Trinajstić information content (AvgIpc) is 2.55. The number of aliphatic carboxylic acids is 1. The molecule has 0 saturated heterocycles. The van der Waals surface area contributed by atoms with E-state index < -0.39 is 12.0 Å². The molecule has 0 aliphatic carbocycles. The standard InChI is InChI=1S/C18H18BrNO3/c19-15-8-6-14(7-9-15)17(21)10-11-20-16(18(22)23)12-13-4-2-1-3-5-13/h1-9,16,20H,10-12H2,(H,22,23)/t16-/m0/s1. The van der Waals surface area contributed by atoms with E-state index in [-0.39, 0.29) is 12.2 Å². The number of Topliss-reactive ketones (excluding diaryl/α,β-unsaturated/α-hetero) is 1. The lowest BCUT2D eigenvalue weighted by molar-refractivity contribution is -0.139. The summed E-state index contributed by atoms with van der Waals surface area (Å²) in [6.07, 6.45) is 0.656. The number of carbonyl (C=O) groups is 2. The lowest BCUT2D eigenvalue weighted by atomic mass is 10.1. The van der Waals surface area contributed by atoms with Crippen LogP contribution in [0.25, 0.3) is 0 Å². The first kappa shape index (κ1) is 17.4. The number of hydrogen-bond acceptors (Lipinski definition) is 3. The van der Waals surface area contributed by atoms with Crippen LogP contribution in [-0.4, -0.2) is 29.4 Å². The number of carboxylic acid groups (broad SMARTS) is 1. The van der Waals surface area contributed by atoms with Crippen molar-refractivity contribution in [3.05, 3.63) is 70.2 Å². The van der Waals surface area contributed by atoms with E-state index in [4.69, 9.17) is 0 Å². The summed E-state index contributed by atoms with van der Waals surface area (Å²) in [4.78, 5) is 23.4. The number of rotatable bonds is 8. The zero-order chi connectivity index (χ0) is 16.7. The van der Waals surface area contributed by atoms with E-state index in [1.165, 1.54) is 0 Å². The van der Waals surface area contributed by atoms with Gasteiger partial charge in [0.15, 0.2) is 5.78 Å². The molecule has 2 aromatic carbocycles. The first-order valence-corrected chi connectivity index (χ1v) is 8.14. The third kappa shape index (κ3) is 5.62. The molecule has 4 nitrogen and oxygen atoms in total. The Morgan fingerprint density at radius 1 is 1.04 bits per heavy atom. The number of carbonyl (C=O) groups excluding carboxylic acids is 1. The van der Waals surface area contributed by atoms with Crippen molar-refractivity contribution in [3.63, 3.8) is 0 Å². The van der Waals surface area contributed by atoms with Gasteiger partial charge in [0.1, 0.15) is 6.04 Å². The van der Waals surface area contributed by atoms with Crippen LogP contribution in [-0.2, 0) is 11.2 Å². The first-order valence-electron chi connectivity index (χ1n) is 7.35. The summed E-state index contributed by atoms with van der Waals surface area (Å²) in [5.74, 6) is -0.918. The number of hydrogen-bond donors (Lipinski definition) is 2. The molecule has 2 rings (SSSR count). The Kier molecular flexibility index (Phi) is 6.50. The highest BCUT2D eigenvalue weighted by Crippen LogP contribution is 2.12. The first-order chi connectivity index (χ1) is 11.1. The van der Waals surface area contributed by atoms with Crippen molar-refractivity contribution in [2.24, 2.45) is 0 Å². The molecular weight excluding hydrogens is 358 g/mol. The maximum Gasteiger partial charge on any atom is 0.321 e. The molecular formula is C18H18BrNO3. The summed E-state index contributed by atoms with van der Waals surface area (Å²) in [5, 5.41) is 12.2.